The summed E-state index contributed by atoms with van der Waals surface area (Å²) in [7, 11) is 1.61. The first-order valence-corrected chi connectivity index (χ1v) is 12.2. The normalized spacial score (nSPS) is 18.0. The van der Waals surface area contributed by atoms with Crippen molar-refractivity contribution in [2.24, 2.45) is 4.99 Å². The Kier molecular flexibility index (Phi) is 8.37. The second-order valence-corrected chi connectivity index (χ2v) is 9.78. The molecule has 8 heteroatoms. The number of hydrogen-bond acceptors (Lipinski definition) is 7. The number of amides is 1. The first kappa shape index (κ1) is 25.1. The molecule has 1 aliphatic heterocycles. The molecule has 2 heterocycles. The lowest BCUT2D eigenvalue weighted by Crippen LogP contribution is -2.39. The summed E-state index contributed by atoms with van der Waals surface area (Å²) in [4.78, 5) is 24.3. The third kappa shape index (κ3) is 6.26. The van der Waals surface area contributed by atoms with E-state index in [-0.39, 0.29) is 5.91 Å². The number of anilines is 1. The monoisotopic (exact) mass is 470 g/mol. The van der Waals surface area contributed by atoms with E-state index in [4.69, 9.17) is 14.5 Å². The molecule has 0 saturated heterocycles. The zero-order chi connectivity index (χ0) is 24.0. The molecule has 3 rings (SSSR count). The van der Waals surface area contributed by atoms with E-state index >= 15 is 0 Å². The maximum atomic E-state index is 13.1. The first-order valence-electron chi connectivity index (χ1n) is 11.2. The fourth-order valence-electron chi connectivity index (χ4n) is 3.76. The number of thioether (sulfide) groups is 1. The minimum atomic E-state index is -0.855. The Hall–Kier alpha value is -2.58. The number of aromatic nitrogens is 1. The lowest BCUT2D eigenvalue weighted by atomic mass is 10.1. The van der Waals surface area contributed by atoms with Crippen molar-refractivity contribution < 1.29 is 14.3 Å². The zero-order valence-corrected chi connectivity index (χ0v) is 21.1. The summed E-state index contributed by atoms with van der Waals surface area (Å²) in [5.74, 6) is 1.65. The molecular weight excluding hydrogens is 436 g/mol. The first-order chi connectivity index (χ1) is 15.7. The molecule has 178 valence electrons. The molecule has 1 aliphatic rings. The van der Waals surface area contributed by atoms with Gasteiger partial charge in [0, 0.05) is 54.1 Å². The van der Waals surface area contributed by atoms with Crippen LogP contribution in [0, 0.1) is 0 Å². The van der Waals surface area contributed by atoms with Gasteiger partial charge in [-0.1, -0.05) is 0 Å². The molecule has 0 fully saturated rings. The molecule has 1 unspecified atom stereocenters. The van der Waals surface area contributed by atoms with Gasteiger partial charge in [0.1, 0.15) is 17.2 Å². The van der Waals surface area contributed by atoms with Gasteiger partial charge < -0.3 is 14.8 Å². The highest BCUT2D eigenvalue weighted by molar-refractivity contribution is 8.14. The quantitative estimate of drug-likeness (QED) is 0.552. The molecule has 1 N–H and O–H groups in total. The molecule has 0 aliphatic carbocycles. The van der Waals surface area contributed by atoms with Crippen LogP contribution in [0.3, 0.4) is 0 Å². The Balaban J connectivity index is 1.68. The second kappa shape index (κ2) is 11.0. The smallest absolute Gasteiger partial charge is 0.252 e. The lowest BCUT2D eigenvalue weighted by molar-refractivity contribution is -0.119. The summed E-state index contributed by atoms with van der Waals surface area (Å²) in [6, 6.07) is 10.1. The van der Waals surface area contributed by atoms with Crippen molar-refractivity contribution >= 4 is 28.4 Å². The van der Waals surface area contributed by atoms with Gasteiger partial charge in [0.25, 0.3) is 5.91 Å². The highest BCUT2D eigenvalue weighted by atomic mass is 32.2. The highest BCUT2D eigenvalue weighted by Gasteiger charge is 2.38. The fourth-order valence-corrected chi connectivity index (χ4v) is 4.92. The van der Waals surface area contributed by atoms with Crippen LogP contribution in [0.5, 0.6) is 11.5 Å². The third-order valence-corrected chi connectivity index (χ3v) is 6.90. The van der Waals surface area contributed by atoms with Gasteiger partial charge in [-0.2, -0.15) is 0 Å². The van der Waals surface area contributed by atoms with E-state index in [0.29, 0.717) is 41.6 Å². The van der Waals surface area contributed by atoms with E-state index in [1.807, 2.05) is 37.3 Å². The molecule has 2 aromatic rings. The van der Waals surface area contributed by atoms with Crippen molar-refractivity contribution in [1.82, 2.24) is 9.88 Å². The van der Waals surface area contributed by atoms with Crippen molar-refractivity contribution in [3.63, 3.8) is 0 Å². The van der Waals surface area contributed by atoms with Gasteiger partial charge in [0.2, 0.25) is 0 Å². The summed E-state index contributed by atoms with van der Waals surface area (Å²) in [6.45, 7) is 11.9. The molecule has 0 radical (unpaired) electrons. The molecule has 1 aromatic carbocycles. The van der Waals surface area contributed by atoms with E-state index < -0.39 is 5.54 Å². The number of pyridine rings is 1. The summed E-state index contributed by atoms with van der Waals surface area (Å²) >= 11 is 1.57. The Morgan fingerprint density at radius 1 is 1.21 bits per heavy atom. The van der Waals surface area contributed by atoms with E-state index in [0.717, 1.165) is 17.2 Å². The number of carbonyl (C=O) groups excluding carboxylic acids is 1. The van der Waals surface area contributed by atoms with Crippen LogP contribution in [0.2, 0.25) is 0 Å². The fraction of sp³-hybridized carbons (Fsp3) is 0.480. The molecule has 1 atom stereocenters. The van der Waals surface area contributed by atoms with Crippen LogP contribution < -0.4 is 14.8 Å². The molecule has 0 bridgehead atoms. The summed E-state index contributed by atoms with van der Waals surface area (Å²) in [6.07, 6.45) is 3.49. The summed E-state index contributed by atoms with van der Waals surface area (Å²) < 4.78 is 11.5. The van der Waals surface area contributed by atoms with E-state index in [9.17, 15) is 4.79 Å². The molecule has 1 amide bonds. The predicted molar refractivity (Wildman–Crippen MR) is 136 cm³/mol. The number of benzene rings is 1. The molecule has 1 aromatic heterocycles. The maximum Gasteiger partial charge on any atom is 0.252 e. The number of nitrogens with zero attached hydrogens (tertiary/aromatic N) is 3. The van der Waals surface area contributed by atoms with Crippen molar-refractivity contribution in [3.05, 3.63) is 48.3 Å². The Morgan fingerprint density at radius 3 is 2.61 bits per heavy atom. The Morgan fingerprint density at radius 2 is 1.97 bits per heavy atom. The highest BCUT2D eigenvalue weighted by Crippen LogP contribution is 2.34. The average molecular weight is 471 g/mol. The van der Waals surface area contributed by atoms with Crippen LogP contribution in [0.4, 0.5) is 5.69 Å². The third-order valence-electron chi connectivity index (χ3n) is 5.59. The number of hydrogen-bond donors (Lipinski definition) is 1. The van der Waals surface area contributed by atoms with Gasteiger partial charge in [0.05, 0.1) is 7.11 Å². The summed E-state index contributed by atoms with van der Waals surface area (Å²) in [5.41, 5.74) is 0.721. The number of rotatable bonds is 10. The minimum absolute atomic E-state index is 0.157. The van der Waals surface area contributed by atoms with Crippen LogP contribution in [0.1, 0.15) is 40.2 Å². The average Bonchev–Trinajstić information content (AvgIpc) is 3.20. The number of nitrogens with one attached hydrogen (secondary N) is 1. The van der Waals surface area contributed by atoms with Crippen LogP contribution in [0.15, 0.2) is 47.7 Å². The standard InChI is InChI=1S/C25H34N4O3S/c1-17(2)29(18(3)4)12-13-32-22-14-20(9-10-21(22)31-6)27-24(30)25(5)16-33-23(28-25)19-8-7-11-26-15-19/h7-11,14-15,17-18H,12-13,16H2,1-6H3,(H,27,30). The zero-order valence-electron chi connectivity index (χ0n) is 20.3. The van der Waals surface area contributed by atoms with E-state index in [1.54, 1.807) is 31.3 Å². The van der Waals surface area contributed by atoms with Crippen LogP contribution in [-0.2, 0) is 4.79 Å². The lowest BCUT2D eigenvalue weighted by Gasteiger charge is -2.30. The van der Waals surface area contributed by atoms with E-state index in [2.05, 4.69) is 42.9 Å². The molecule has 0 spiro atoms. The van der Waals surface area contributed by atoms with E-state index in [1.165, 1.54) is 0 Å². The molecule has 0 saturated carbocycles. The maximum absolute atomic E-state index is 13.1. The van der Waals surface area contributed by atoms with Crippen molar-refractivity contribution in [3.8, 4) is 11.5 Å². The van der Waals surface area contributed by atoms with Gasteiger partial charge in [0.15, 0.2) is 11.5 Å². The van der Waals surface area contributed by atoms with Crippen molar-refractivity contribution in [1.29, 1.82) is 0 Å². The van der Waals surface area contributed by atoms with Gasteiger partial charge in [-0.15, -0.1) is 11.8 Å². The predicted octanol–water partition coefficient (Wildman–Crippen LogP) is 4.48. The number of aliphatic imine (C=N–C) groups is 1. The SMILES string of the molecule is COc1ccc(NC(=O)C2(C)CSC(c3cccnc3)=N2)cc1OCCN(C(C)C)C(C)C. The Labute approximate surface area is 201 Å². The molecule has 33 heavy (non-hydrogen) atoms. The van der Waals surface area contributed by atoms with Crippen LogP contribution >= 0.6 is 11.8 Å². The Bertz CT molecular complexity index is 973. The van der Waals surface area contributed by atoms with Gasteiger partial charge in [-0.25, -0.2) is 0 Å². The molecule has 7 nitrogen and oxygen atoms in total. The van der Waals surface area contributed by atoms with Gasteiger partial charge in [-0.05, 0) is 58.9 Å². The summed E-state index contributed by atoms with van der Waals surface area (Å²) in [5, 5.41) is 3.84. The minimum Gasteiger partial charge on any atom is -0.493 e. The largest absolute Gasteiger partial charge is 0.493 e. The van der Waals surface area contributed by atoms with Crippen LogP contribution in [0.25, 0.3) is 0 Å². The topological polar surface area (TPSA) is 76.0 Å². The second-order valence-electron chi connectivity index (χ2n) is 8.81. The number of carbonyl (C=O) groups is 1. The van der Waals surface area contributed by atoms with Crippen LogP contribution in [-0.4, -0.2) is 64.5 Å². The van der Waals surface area contributed by atoms with Crippen molar-refractivity contribution in [2.75, 3.05) is 31.3 Å². The van der Waals surface area contributed by atoms with Gasteiger partial charge in [-0.3, -0.25) is 19.7 Å². The molecular formula is C25H34N4O3S. The number of methoxy groups -OCH3 is 1. The van der Waals surface area contributed by atoms with Crippen molar-refractivity contribution in [2.45, 2.75) is 52.2 Å². The van der Waals surface area contributed by atoms with Gasteiger partial charge >= 0.3 is 0 Å². The number of ether oxygens (including phenoxy) is 2.